The molecule has 2 rings (SSSR count). The maximum absolute atomic E-state index is 10.8. The molecule has 1 aliphatic rings. The summed E-state index contributed by atoms with van der Waals surface area (Å²) in [4.78, 5) is 21.2. The molecule has 0 fully saturated rings. The molecule has 1 N–H and O–H groups in total. The van der Waals surface area contributed by atoms with Gasteiger partial charge in [-0.2, -0.15) is 0 Å². The minimum Gasteiger partial charge on any atom is -0.480 e. The van der Waals surface area contributed by atoms with E-state index in [0.29, 0.717) is 5.75 Å². The molecule has 0 aromatic carbocycles. The molecule has 21 heavy (non-hydrogen) atoms. The molecule has 110 valence electrons. The van der Waals surface area contributed by atoms with Crippen molar-refractivity contribution in [3.8, 4) is 0 Å². The first kappa shape index (κ1) is 15.3. The highest BCUT2D eigenvalue weighted by atomic mass is 32.2. The second-order valence-corrected chi connectivity index (χ2v) is 5.73. The van der Waals surface area contributed by atoms with Crippen LogP contribution in [0.4, 0.5) is 5.69 Å². The number of pyridine rings is 1. The van der Waals surface area contributed by atoms with Crippen LogP contribution in [-0.4, -0.2) is 47.0 Å². The lowest BCUT2D eigenvalue weighted by Crippen LogP contribution is -2.16. The summed E-state index contributed by atoms with van der Waals surface area (Å²) < 4.78 is 0. The number of hydrogen-bond donors (Lipinski definition) is 1. The molecule has 0 bridgehead atoms. The Hall–Kier alpha value is -2.08. The monoisotopic (exact) mass is 303 g/mol. The molecule has 0 amide bonds. The van der Waals surface area contributed by atoms with E-state index in [1.165, 1.54) is 11.8 Å². The first-order valence-electron chi connectivity index (χ1n) is 6.48. The Morgan fingerprint density at radius 1 is 1.38 bits per heavy atom. The molecule has 1 aromatic rings. The Morgan fingerprint density at radius 3 is 2.71 bits per heavy atom. The molecule has 5 nitrogen and oxygen atoms in total. The van der Waals surface area contributed by atoms with Gasteiger partial charge in [0.1, 0.15) is 0 Å². The SMILES string of the molecule is CN(C)c1ccc(/C=C/C=C/C2=NC(C(=O)O)CS2)nc1. The molecular formula is C15H17N3O2S. The van der Waals surface area contributed by atoms with Gasteiger partial charge in [0, 0.05) is 19.8 Å². The van der Waals surface area contributed by atoms with Crippen LogP contribution in [0.15, 0.2) is 41.6 Å². The number of carboxylic acid groups (broad SMARTS) is 1. The van der Waals surface area contributed by atoms with Crippen molar-refractivity contribution in [1.29, 1.82) is 0 Å². The molecule has 0 saturated heterocycles. The van der Waals surface area contributed by atoms with Gasteiger partial charge in [-0.25, -0.2) is 4.79 Å². The molecule has 1 aliphatic heterocycles. The summed E-state index contributed by atoms with van der Waals surface area (Å²) in [6.45, 7) is 0. The lowest BCUT2D eigenvalue weighted by Gasteiger charge is -2.10. The fourth-order valence-electron chi connectivity index (χ4n) is 1.66. The Bertz CT molecular complexity index is 591. The average Bonchev–Trinajstić information content (AvgIpc) is 2.93. The third-order valence-electron chi connectivity index (χ3n) is 2.86. The van der Waals surface area contributed by atoms with Crippen molar-refractivity contribution in [2.75, 3.05) is 24.7 Å². The van der Waals surface area contributed by atoms with Crippen molar-refractivity contribution in [3.63, 3.8) is 0 Å². The molecule has 6 heteroatoms. The van der Waals surface area contributed by atoms with E-state index in [0.717, 1.165) is 16.4 Å². The normalized spacial score (nSPS) is 18.4. The highest BCUT2D eigenvalue weighted by Gasteiger charge is 2.22. The highest BCUT2D eigenvalue weighted by Crippen LogP contribution is 2.19. The number of aliphatic imine (C=N–C) groups is 1. The van der Waals surface area contributed by atoms with Crippen LogP contribution in [0.3, 0.4) is 0 Å². The Labute approximate surface area is 128 Å². The van der Waals surface area contributed by atoms with Gasteiger partial charge >= 0.3 is 5.97 Å². The van der Waals surface area contributed by atoms with E-state index in [4.69, 9.17) is 5.11 Å². The van der Waals surface area contributed by atoms with E-state index in [-0.39, 0.29) is 0 Å². The number of allylic oxidation sites excluding steroid dienone is 2. The van der Waals surface area contributed by atoms with Crippen LogP contribution >= 0.6 is 11.8 Å². The molecule has 0 radical (unpaired) electrons. The van der Waals surface area contributed by atoms with Gasteiger partial charge in [0.2, 0.25) is 0 Å². The predicted molar refractivity (Wildman–Crippen MR) is 88.1 cm³/mol. The van der Waals surface area contributed by atoms with Crippen LogP contribution in [0, 0.1) is 0 Å². The number of aromatic nitrogens is 1. The van der Waals surface area contributed by atoms with Crippen LogP contribution < -0.4 is 4.90 Å². The quantitative estimate of drug-likeness (QED) is 0.846. The lowest BCUT2D eigenvalue weighted by atomic mass is 10.3. The van der Waals surface area contributed by atoms with Crippen LogP contribution in [0.25, 0.3) is 6.08 Å². The summed E-state index contributed by atoms with van der Waals surface area (Å²) >= 11 is 1.46. The number of rotatable bonds is 5. The van der Waals surface area contributed by atoms with Gasteiger partial charge in [-0.3, -0.25) is 9.98 Å². The van der Waals surface area contributed by atoms with E-state index in [1.54, 1.807) is 0 Å². The highest BCUT2D eigenvalue weighted by molar-refractivity contribution is 8.14. The van der Waals surface area contributed by atoms with Crippen LogP contribution in [-0.2, 0) is 4.79 Å². The van der Waals surface area contributed by atoms with Gasteiger partial charge in [-0.1, -0.05) is 12.2 Å². The van der Waals surface area contributed by atoms with Gasteiger partial charge in [0.25, 0.3) is 0 Å². The van der Waals surface area contributed by atoms with E-state index in [1.807, 2.05) is 61.6 Å². The number of carbonyl (C=O) groups is 1. The van der Waals surface area contributed by atoms with Gasteiger partial charge in [-0.15, -0.1) is 11.8 Å². The fraction of sp³-hybridized carbons (Fsp3) is 0.267. The topological polar surface area (TPSA) is 65.8 Å². The van der Waals surface area contributed by atoms with Gasteiger partial charge < -0.3 is 10.0 Å². The van der Waals surface area contributed by atoms with Crippen molar-refractivity contribution in [3.05, 3.63) is 42.3 Å². The minimum absolute atomic E-state index is 0.506. The summed E-state index contributed by atoms with van der Waals surface area (Å²) in [7, 11) is 3.94. The molecule has 1 aromatic heterocycles. The standard InChI is InChI=1S/C15H17N3O2S/c1-18(2)12-8-7-11(16-9-12)5-3-4-6-14-17-13(10-21-14)15(19)20/h3-9,13H,10H2,1-2H3,(H,19,20)/b5-3+,6-4+. The number of hydrogen-bond acceptors (Lipinski definition) is 5. The summed E-state index contributed by atoms with van der Waals surface area (Å²) in [5, 5.41) is 9.60. The van der Waals surface area contributed by atoms with Gasteiger partial charge in [0.05, 0.1) is 22.6 Å². The number of nitrogens with zero attached hydrogens (tertiary/aromatic N) is 3. The summed E-state index contributed by atoms with van der Waals surface area (Å²) in [5.41, 5.74) is 1.92. The Kier molecular flexibility index (Phi) is 5.16. The number of carboxylic acids is 1. The summed E-state index contributed by atoms with van der Waals surface area (Å²) in [6, 6.07) is 3.34. The zero-order chi connectivity index (χ0) is 15.2. The first-order chi connectivity index (χ1) is 10.1. The third kappa shape index (κ3) is 4.46. The van der Waals surface area contributed by atoms with Crippen molar-refractivity contribution >= 4 is 34.5 Å². The molecule has 1 unspecified atom stereocenters. The number of anilines is 1. The Balaban J connectivity index is 1.92. The summed E-state index contributed by atoms with van der Waals surface area (Å²) in [5.74, 6) is -0.363. The molecule has 1 atom stereocenters. The first-order valence-corrected chi connectivity index (χ1v) is 7.46. The average molecular weight is 303 g/mol. The van der Waals surface area contributed by atoms with E-state index in [9.17, 15) is 4.79 Å². The zero-order valence-corrected chi connectivity index (χ0v) is 12.7. The zero-order valence-electron chi connectivity index (χ0n) is 11.9. The van der Waals surface area contributed by atoms with Crippen molar-refractivity contribution < 1.29 is 9.90 Å². The van der Waals surface area contributed by atoms with E-state index in [2.05, 4.69) is 9.98 Å². The van der Waals surface area contributed by atoms with Crippen molar-refractivity contribution in [2.45, 2.75) is 6.04 Å². The minimum atomic E-state index is -0.869. The molecular weight excluding hydrogens is 286 g/mol. The second kappa shape index (κ2) is 7.08. The Morgan fingerprint density at radius 2 is 2.14 bits per heavy atom. The maximum Gasteiger partial charge on any atom is 0.329 e. The second-order valence-electron chi connectivity index (χ2n) is 4.69. The lowest BCUT2D eigenvalue weighted by molar-refractivity contribution is -0.137. The molecule has 0 aliphatic carbocycles. The molecule has 0 saturated carbocycles. The van der Waals surface area contributed by atoms with E-state index < -0.39 is 12.0 Å². The van der Waals surface area contributed by atoms with Crippen LogP contribution in [0.2, 0.25) is 0 Å². The fourth-order valence-corrected chi connectivity index (χ4v) is 2.59. The van der Waals surface area contributed by atoms with Crippen LogP contribution in [0.5, 0.6) is 0 Å². The smallest absolute Gasteiger partial charge is 0.329 e. The van der Waals surface area contributed by atoms with Crippen LogP contribution in [0.1, 0.15) is 5.69 Å². The van der Waals surface area contributed by atoms with Crippen molar-refractivity contribution in [2.24, 2.45) is 4.99 Å². The van der Waals surface area contributed by atoms with Gasteiger partial charge in [-0.05, 0) is 24.3 Å². The predicted octanol–water partition coefficient (Wildman–Crippen LogP) is 2.32. The molecule has 2 heterocycles. The summed E-state index contributed by atoms with van der Waals surface area (Å²) in [6.07, 6.45) is 9.24. The molecule has 0 spiro atoms. The number of aliphatic carboxylic acids is 1. The maximum atomic E-state index is 10.8. The largest absolute Gasteiger partial charge is 0.480 e. The van der Waals surface area contributed by atoms with Gasteiger partial charge in [0.15, 0.2) is 6.04 Å². The van der Waals surface area contributed by atoms with Crippen molar-refractivity contribution in [1.82, 2.24) is 4.98 Å². The van der Waals surface area contributed by atoms with E-state index >= 15 is 0 Å². The third-order valence-corrected chi connectivity index (χ3v) is 3.88. The number of thioether (sulfide) groups is 1.